The highest BCUT2D eigenvalue weighted by Gasteiger charge is 2.11. The second kappa shape index (κ2) is 5.14. The summed E-state index contributed by atoms with van der Waals surface area (Å²) >= 11 is 16.5. The molecule has 7 heteroatoms. The first kappa shape index (κ1) is 13.1. The van der Waals surface area contributed by atoms with Crippen LogP contribution in [-0.2, 0) is 6.42 Å². The van der Waals surface area contributed by atoms with Crippen molar-refractivity contribution in [3.05, 3.63) is 54.5 Å². The maximum atomic E-state index is 11.7. The Morgan fingerprint density at radius 2 is 2.00 bits per heavy atom. The number of hydrogen-bond donors (Lipinski definition) is 3. The molecule has 0 saturated heterocycles. The third-order valence-electron chi connectivity index (χ3n) is 2.40. The van der Waals surface area contributed by atoms with Crippen LogP contribution in [0.25, 0.3) is 0 Å². The van der Waals surface area contributed by atoms with Gasteiger partial charge in [0.05, 0.1) is 5.56 Å². The Labute approximate surface area is 117 Å². The number of nitrogens with one attached hydrogen (secondary N) is 2. The lowest BCUT2D eigenvalue weighted by Crippen LogP contribution is -2.14. The highest BCUT2D eigenvalue weighted by Crippen LogP contribution is 2.24. The summed E-state index contributed by atoms with van der Waals surface area (Å²) in [5.74, 6) is -0.255. The molecule has 0 spiro atoms. The molecule has 0 aliphatic heterocycles. The number of benzene rings is 1. The van der Waals surface area contributed by atoms with Gasteiger partial charge in [-0.2, -0.15) is 0 Å². The van der Waals surface area contributed by atoms with Gasteiger partial charge in [0.1, 0.15) is 0 Å². The molecule has 0 aliphatic carbocycles. The molecule has 94 valence electrons. The van der Waals surface area contributed by atoms with Crippen LogP contribution in [0, 0.1) is 4.77 Å². The maximum absolute atomic E-state index is 11.7. The monoisotopic (exact) mass is 302 g/mol. The number of hydrogen-bond acceptors (Lipinski definition) is 3. The van der Waals surface area contributed by atoms with E-state index in [0.717, 1.165) is 0 Å². The maximum Gasteiger partial charge on any atom is 0.259 e. The van der Waals surface area contributed by atoms with Gasteiger partial charge in [-0.1, -0.05) is 29.3 Å². The summed E-state index contributed by atoms with van der Waals surface area (Å²) in [6.07, 6.45) is 0.184. The van der Waals surface area contributed by atoms with E-state index in [2.05, 4.69) is 9.97 Å². The zero-order chi connectivity index (χ0) is 13.3. The minimum absolute atomic E-state index is 0.0726. The number of rotatable bonds is 2. The Balaban J connectivity index is 2.46. The van der Waals surface area contributed by atoms with E-state index in [1.807, 2.05) is 0 Å². The van der Waals surface area contributed by atoms with Crippen LogP contribution >= 0.6 is 35.4 Å². The van der Waals surface area contributed by atoms with E-state index in [-0.39, 0.29) is 22.6 Å². The average Bonchev–Trinajstić information content (AvgIpc) is 2.25. The van der Waals surface area contributed by atoms with Crippen molar-refractivity contribution >= 4 is 35.4 Å². The Morgan fingerprint density at radius 1 is 1.28 bits per heavy atom. The molecule has 0 atom stereocenters. The van der Waals surface area contributed by atoms with Crippen molar-refractivity contribution in [2.45, 2.75) is 6.42 Å². The summed E-state index contributed by atoms with van der Waals surface area (Å²) in [5.41, 5.74) is 0.419. The molecule has 3 N–H and O–H groups in total. The second-order valence-corrected chi connectivity index (χ2v) is 4.90. The summed E-state index contributed by atoms with van der Waals surface area (Å²) in [4.78, 5) is 16.6. The van der Waals surface area contributed by atoms with Gasteiger partial charge in [0.25, 0.3) is 5.56 Å². The molecule has 1 aromatic heterocycles. The second-order valence-electron chi connectivity index (χ2n) is 3.65. The molecule has 2 rings (SSSR count). The zero-order valence-corrected chi connectivity index (χ0v) is 11.3. The smallest absolute Gasteiger partial charge is 0.259 e. The molecular formula is C11H8Cl2N2O2S. The molecule has 4 nitrogen and oxygen atoms in total. The Bertz CT molecular complexity index is 709. The first-order valence-electron chi connectivity index (χ1n) is 4.95. The summed E-state index contributed by atoms with van der Waals surface area (Å²) in [6.45, 7) is 0. The van der Waals surface area contributed by atoms with E-state index >= 15 is 0 Å². The topological polar surface area (TPSA) is 68.9 Å². The minimum Gasteiger partial charge on any atom is -0.494 e. The molecule has 2 aromatic rings. The number of aromatic hydroxyl groups is 1. The fraction of sp³-hybridized carbons (Fsp3) is 0.0909. The van der Waals surface area contributed by atoms with Crippen LogP contribution in [0.15, 0.2) is 23.0 Å². The molecule has 1 heterocycles. The van der Waals surface area contributed by atoms with Crippen molar-refractivity contribution in [1.29, 1.82) is 0 Å². The van der Waals surface area contributed by atoms with E-state index in [9.17, 15) is 9.90 Å². The van der Waals surface area contributed by atoms with E-state index in [1.54, 1.807) is 18.2 Å². The van der Waals surface area contributed by atoms with Gasteiger partial charge in [-0.3, -0.25) is 9.78 Å². The predicted molar refractivity (Wildman–Crippen MR) is 73.2 cm³/mol. The van der Waals surface area contributed by atoms with Crippen molar-refractivity contribution < 1.29 is 5.11 Å². The fourth-order valence-corrected chi connectivity index (χ4v) is 2.18. The largest absolute Gasteiger partial charge is 0.494 e. The summed E-state index contributed by atoms with van der Waals surface area (Å²) < 4.78 is 0.0726. The standard InChI is InChI=1S/C11H8Cl2N2O2S/c12-6-2-1-5(8(13)4-6)3-7-9(16)14-11(18)15-10(7)17/h1-2,4H,3H2,(H3,14,15,16,17,18). The van der Waals surface area contributed by atoms with Gasteiger partial charge in [-0.25, -0.2) is 0 Å². The van der Waals surface area contributed by atoms with Gasteiger partial charge < -0.3 is 10.1 Å². The van der Waals surface area contributed by atoms with Crippen molar-refractivity contribution in [2.24, 2.45) is 0 Å². The minimum atomic E-state index is -0.442. The lowest BCUT2D eigenvalue weighted by Gasteiger charge is -2.06. The molecule has 0 radical (unpaired) electrons. The number of halogens is 2. The van der Waals surface area contributed by atoms with Gasteiger partial charge in [0.15, 0.2) is 10.7 Å². The quantitative estimate of drug-likeness (QED) is 0.747. The van der Waals surface area contributed by atoms with Gasteiger partial charge in [0, 0.05) is 16.5 Å². The number of H-pyrrole nitrogens is 2. The summed E-state index contributed by atoms with van der Waals surface area (Å²) in [6, 6.07) is 4.94. The SMILES string of the molecule is O=c1[nH]c(=S)[nH]c(O)c1Cc1ccc(Cl)cc1Cl. The first-order chi connectivity index (χ1) is 8.47. The highest BCUT2D eigenvalue weighted by atomic mass is 35.5. The van der Waals surface area contributed by atoms with Crippen molar-refractivity contribution in [2.75, 3.05) is 0 Å². The van der Waals surface area contributed by atoms with Crippen LogP contribution in [0.4, 0.5) is 0 Å². The highest BCUT2D eigenvalue weighted by molar-refractivity contribution is 7.71. The van der Waals surface area contributed by atoms with E-state index < -0.39 is 5.56 Å². The molecule has 18 heavy (non-hydrogen) atoms. The Morgan fingerprint density at radius 3 is 2.61 bits per heavy atom. The van der Waals surface area contributed by atoms with Crippen LogP contribution < -0.4 is 5.56 Å². The Hall–Kier alpha value is -1.30. The van der Waals surface area contributed by atoms with Crippen molar-refractivity contribution in [3.63, 3.8) is 0 Å². The number of aromatic nitrogens is 2. The van der Waals surface area contributed by atoms with Gasteiger partial charge >= 0.3 is 0 Å². The molecule has 0 fully saturated rings. The Kier molecular flexibility index (Phi) is 3.75. The van der Waals surface area contributed by atoms with Crippen molar-refractivity contribution in [1.82, 2.24) is 9.97 Å². The predicted octanol–water partition coefficient (Wildman–Crippen LogP) is 3.04. The van der Waals surface area contributed by atoms with Gasteiger partial charge in [-0.15, -0.1) is 0 Å². The first-order valence-corrected chi connectivity index (χ1v) is 6.12. The molecular weight excluding hydrogens is 295 g/mol. The van der Waals surface area contributed by atoms with Gasteiger partial charge in [-0.05, 0) is 29.9 Å². The normalized spacial score (nSPS) is 10.6. The molecule has 0 saturated carbocycles. The fourth-order valence-electron chi connectivity index (χ4n) is 1.52. The summed E-state index contributed by atoms with van der Waals surface area (Å²) in [7, 11) is 0. The van der Waals surface area contributed by atoms with Crippen LogP contribution in [0.2, 0.25) is 10.0 Å². The third kappa shape index (κ3) is 2.75. The van der Waals surface area contributed by atoms with Gasteiger partial charge in [0.2, 0.25) is 0 Å². The average molecular weight is 303 g/mol. The molecule has 0 amide bonds. The molecule has 0 aliphatic rings. The third-order valence-corrected chi connectivity index (χ3v) is 3.19. The zero-order valence-electron chi connectivity index (χ0n) is 8.96. The van der Waals surface area contributed by atoms with E-state index in [1.165, 1.54) is 0 Å². The van der Waals surface area contributed by atoms with Crippen molar-refractivity contribution in [3.8, 4) is 5.88 Å². The molecule has 0 unspecified atom stereocenters. The molecule has 0 bridgehead atoms. The number of aromatic amines is 2. The van der Waals surface area contributed by atoms with Crippen LogP contribution in [-0.4, -0.2) is 15.1 Å². The van der Waals surface area contributed by atoms with Crippen LogP contribution in [0.1, 0.15) is 11.1 Å². The molecule has 1 aromatic carbocycles. The lowest BCUT2D eigenvalue weighted by molar-refractivity contribution is 0.443. The van der Waals surface area contributed by atoms with E-state index in [0.29, 0.717) is 15.6 Å². The van der Waals surface area contributed by atoms with Crippen LogP contribution in [0.3, 0.4) is 0 Å². The van der Waals surface area contributed by atoms with Crippen LogP contribution in [0.5, 0.6) is 5.88 Å². The lowest BCUT2D eigenvalue weighted by atomic mass is 10.1. The van der Waals surface area contributed by atoms with E-state index in [4.69, 9.17) is 35.4 Å². The summed E-state index contributed by atoms with van der Waals surface area (Å²) in [5, 5.41) is 10.6.